The van der Waals surface area contributed by atoms with Gasteiger partial charge in [-0.25, -0.2) is 4.98 Å². The Morgan fingerprint density at radius 2 is 2.00 bits per heavy atom. The van der Waals surface area contributed by atoms with Crippen molar-refractivity contribution in [3.8, 4) is 0 Å². The molecule has 2 aromatic rings. The fraction of sp³-hybridized carbons (Fsp3) is 0.571. The molecule has 0 saturated carbocycles. The molecular weight excluding hydrogens is 372 g/mol. The molecule has 28 heavy (non-hydrogen) atoms. The number of likely N-dealkylation sites (N-methyl/N-ethyl adjacent to an activating group) is 1. The predicted octanol–water partition coefficient (Wildman–Crippen LogP) is 4.07. The van der Waals surface area contributed by atoms with Crippen LogP contribution in [0.1, 0.15) is 55.1 Å². The molecule has 1 amide bonds. The number of hydrogen-bond acceptors (Lipinski definition) is 6. The Morgan fingerprint density at radius 3 is 2.57 bits per heavy atom. The lowest BCUT2D eigenvalue weighted by atomic mass is 10.0. The van der Waals surface area contributed by atoms with Crippen molar-refractivity contribution in [2.75, 3.05) is 19.6 Å². The first-order chi connectivity index (χ1) is 13.4. The molecule has 154 valence electrons. The van der Waals surface area contributed by atoms with Crippen LogP contribution in [0, 0.1) is 19.8 Å². The molecular formula is C21H32N4O2S. The first kappa shape index (κ1) is 22.4. The monoisotopic (exact) mass is 404 g/mol. The van der Waals surface area contributed by atoms with Crippen molar-refractivity contribution in [2.24, 2.45) is 5.92 Å². The van der Waals surface area contributed by atoms with Crippen LogP contribution in [0.25, 0.3) is 0 Å². The van der Waals surface area contributed by atoms with E-state index in [0.29, 0.717) is 29.8 Å². The van der Waals surface area contributed by atoms with Crippen LogP contribution in [0.3, 0.4) is 0 Å². The molecule has 1 atom stereocenters. The molecule has 0 aliphatic rings. The zero-order valence-corrected chi connectivity index (χ0v) is 18.6. The fourth-order valence-electron chi connectivity index (χ4n) is 3.30. The Hall–Kier alpha value is -1.86. The van der Waals surface area contributed by atoms with Gasteiger partial charge in [-0.3, -0.25) is 9.69 Å². The maximum Gasteiger partial charge on any atom is 0.254 e. The third-order valence-electron chi connectivity index (χ3n) is 5.07. The van der Waals surface area contributed by atoms with E-state index in [1.165, 1.54) is 11.8 Å². The van der Waals surface area contributed by atoms with Crippen LogP contribution in [-0.4, -0.2) is 46.6 Å². The number of amides is 1. The number of nitrogens with zero attached hydrogens (tertiary/aromatic N) is 3. The molecule has 0 aromatic carbocycles. The highest BCUT2D eigenvalue weighted by Crippen LogP contribution is 2.27. The van der Waals surface area contributed by atoms with Crippen molar-refractivity contribution >= 4 is 17.7 Å². The second kappa shape index (κ2) is 10.6. The van der Waals surface area contributed by atoms with Gasteiger partial charge in [-0.05, 0) is 45.0 Å². The molecule has 6 nitrogen and oxygen atoms in total. The van der Waals surface area contributed by atoms with E-state index >= 15 is 0 Å². The Balaban J connectivity index is 2.07. The van der Waals surface area contributed by atoms with E-state index in [-0.39, 0.29) is 5.91 Å². The lowest BCUT2D eigenvalue weighted by molar-refractivity contribution is 0.0917. The molecule has 2 rings (SSSR count). The van der Waals surface area contributed by atoms with Crippen molar-refractivity contribution in [1.82, 2.24) is 20.4 Å². The van der Waals surface area contributed by atoms with Crippen LogP contribution in [0.15, 0.2) is 27.9 Å². The van der Waals surface area contributed by atoms with Crippen molar-refractivity contribution < 1.29 is 9.32 Å². The average Bonchev–Trinajstić information content (AvgIpc) is 3.00. The van der Waals surface area contributed by atoms with Gasteiger partial charge in [0.15, 0.2) is 0 Å². The first-order valence-corrected chi connectivity index (χ1v) is 10.9. The number of rotatable bonds is 10. The average molecular weight is 405 g/mol. The third kappa shape index (κ3) is 5.58. The van der Waals surface area contributed by atoms with E-state index in [2.05, 4.69) is 48.1 Å². The molecule has 1 N–H and O–H groups in total. The number of aryl methyl sites for hydroxylation is 2. The van der Waals surface area contributed by atoms with Crippen LogP contribution in [0.5, 0.6) is 0 Å². The summed E-state index contributed by atoms with van der Waals surface area (Å²) in [6.07, 6.45) is 1.72. The third-order valence-corrected chi connectivity index (χ3v) is 6.10. The zero-order chi connectivity index (χ0) is 20.7. The summed E-state index contributed by atoms with van der Waals surface area (Å²) in [5.41, 5.74) is 2.55. The quantitative estimate of drug-likeness (QED) is 0.602. The number of carbonyl (C=O) groups excluding carboxylic acids is 1. The Morgan fingerprint density at radius 1 is 1.29 bits per heavy atom. The summed E-state index contributed by atoms with van der Waals surface area (Å²) in [7, 11) is 0. The van der Waals surface area contributed by atoms with Crippen LogP contribution in [0.4, 0.5) is 0 Å². The standard InChI is InChI=1S/C21H32N4O2S/c1-7-25(8-2)19(14(3)4)12-23-20(26)17-10-9-11-22-21(17)28-13-18-15(5)24-27-16(18)6/h9-11,14,19H,7-8,12-13H2,1-6H3,(H,23,26). The molecule has 2 aromatic heterocycles. The van der Waals surface area contributed by atoms with E-state index in [4.69, 9.17) is 4.52 Å². The van der Waals surface area contributed by atoms with Crippen LogP contribution < -0.4 is 5.32 Å². The van der Waals surface area contributed by atoms with E-state index in [1.54, 1.807) is 12.3 Å². The molecule has 0 fully saturated rings. The fourth-order valence-corrected chi connectivity index (χ4v) is 4.44. The maximum absolute atomic E-state index is 12.9. The van der Waals surface area contributed by atoms with Gasteiger partial charge in [0.25, 0.3) is 5.91 Å². The minimum absolute atomic E-state index is 0.0767. The summed E-state index contributed by atoms with van der Waals surface area (Å²) >= 11 is 1.53. The van der Waals surface area contributed by atoms with E-state index < -0.39 is 0 Å². The lowest BCUT2D eigenvalue weighted by Gasteiger charge is -2.32. The summed E-state index contributed by atoms with van der Waals surface area (Å²) < 4.78 is 5.22. The summed E-state index contributed by atoms with van der Waals surface area (Å²) in [4.78, 5) is 19.7. The molecule has 2 heterocycles. The molecule has 0 aliphatic heterocycles. The SMILES string of the molecule is CCN(CC)C(CNC(=O)c1cccnc1SCc1c(C)noc1C)C(C)C. The molecule has 0 bridgehead atoms. The van der Waals surface area contributed by atoms with Gasteiger partial charge in [-0.2, -0.15) is 0 Å². The van der Waals surface area contributed by atoms with E-state index in [0.717, 1.165) is 35.1 Å². The minimum atomic E-state index is -0.0767. The van der Waals surface area contributed by atoms with Gasteiger partial charge in [-0.15, -0.1) is 11.8 Å². The Labute approximate surface area is 172 Å². The Kier molecular flexibility index (Phi) is 8.51. The van der Waals surface area contributed by atoms with Crippen LogP contribution in [-0.2, 0) is 5.75 Å². The Bertz CT molecular complexity index is 752. The van der Waals surface area contributed by atoms with Gasteiger partial charge >= 0.3 is 0 Å². The molecule has 7 heteroatoms. The summed E-state index contributed by atoms with van der Waals surface area (Å²) in [6, 6.07) is 3.95. The molecule has 0 radical (unpaired) electrons. The molecule has 1 unspecified atom stereocenters. The van der Waals surface area contributed by atoms with Crippen molar-refractivity contribution in [3.05, 3.63) is 40.9 Å². The smallest absolute Gasteiger partial charge is 0.254 e. The highest BCUT2D eigenvalue weighted by Gasteiger charge is 2.21. The first-order valence-electron chi connectivity index (χ1n) is 9.90. The highest BCUT2D eigenvalue weighted by atomic mass is 32.2. The highest BCUT2D eigenvalue weighted by molar-refractivity contribution is 7.98. The number of hydrogen-bond donors (Lipinski definition) is 1. The summed E-state index contributed by atoms with van der Waals surface area (Å²) in [5.74, 6) is 1.87. The predicted molar refractivity (Wildman–Crippen MR) is 114 cm³/mol. The van der Waals surface area contributed by atoms with Gasteiger partial charge in [0.2, 0.25) is 0 Å². The lowest BCUT2D eigenvalue weighted by Crippen LogP contribution is -2.46. The number of aromatic nitrogens is 2. The molecule has 0 aliphatic carbocycles. The van der Waals surface area contributed by atoms with E-state index in [9.17, 15) is 4.79 Å². The van der Waals surface area contributed by atoms with Gasteiger partial charge in [0.05, 0.1) is 11.3 Å². The van der Waals surface area contributed by atoms with Gasteiger partial charge in [0.1, 0.15) is 10.8 Å². The molecule has 0 spiro atoms. The van der Waals surface area contributed by atoms with Crippen molar-refractivity contribution in [1.29, 1.82) is 0 Å². The zero-order valence-electron chi connectivity index (χ0n) is 17.8. The maximum atomic E-state index is 12.9. The number of thioether (sulfide) groups is 1. The minimum Gasteiger partial charge on any atom is -0.361 e. The van der Waals surface area contributed by atoms with E-state index in [1.807, 2.05) is 19.9 Å². The summed E-state index contributed by atoms with van der Waals surface area (Å²) in [6.45, 7) is 15.1. The largest absolute Gasteiger partial charge is 0.361 e. The second-order valence-electron chi connectivity index (χ2n) is 7.19. The van der Waals surface area contributed by atoms with Crippen LogP contribution >= 0.6 is 11.8 Å². The number of pyridine rings is 1. The van der Waals surface area contributed by atoms with Crippen molar-refractivity contribution in [3.63, 3.8) is 0 Å². The molecule has 0 saturated heterocycles. The van der Waals surface area contributed by atoms with Crippen molar-refractivity contribution in [2.45, 2.75) is 58.4 Å². The van der Waals surface area contributed by atoms with Gasteiger partial charge in [-0.1, -0.05) is 32.9 Å². The summed E-state index contributed by atoms with van der Waals surface area (Å²) in [5, 5.41) is 7.84. The van der Waals surface area contributed by atoms with Gasteiger partial charge in [0, 0.05) is 30.1 Å². The second-order valence-corrected chi connectivity index (χ2v) is 8.15. The topological polar surface area (TPSA) is 71.3 Å². The van der Waals surface area contributed by atoms with Gasteiger partial charge < -0.3 is 9.84 Å². The number of carbonyl (C=O) groups is 1. The number of nitrogens with one attached hydrogen (secondary N) is 1. The van der Waals surface area contributed by atoms with Crippen LogP contribution in [0.2, 0.25) is 0 Å². The normalized spacial score (nSPS) is 12.6.